The lowest BCUT2D eigenvalue weighted by Gasteiger charge is -2.17. The van der Waals surface area contributed by atoms with Crippen molar-refractivity contribution >= 4 is 17.6 Å². The van der Waals surface area contributed by atoms with E-state index in [0.29, 0.717) is 5.69 Å². The average Bonchev–Trinajstić information content (AvgIpc) is 3.32. The number of aromatic nitrogens is 2. The summed E-state index contributed by atoms with van der Waals surface area (Å²) in [6, 6.07) is 22.7. The molecule has 0 aliphatic rings. The van der Waals surface area contributed by atoms with Crippen molar-refractivity contribution in [3.8, 4) is 16.9 Å². The normalized spacial score (nSPS) is 10.6. The molecule has 0 saturated carbocycles. The number of esters is 1. The Kier molecular flexibility index (Phi) is 6.68. The minimum atomic E-state index is -0.763. The second-order valence-corrected chi connectivity index (χ2v) is 7.83. The molecule has 0 bridgehead atoms. The van der Waals surface area contributed by atoms with E-state index in [1.165, 1.54) is 18.1 Å². The van der Waals surface area contributed by atoms with E-state index in [1.807, 2.05) is 66.9 Å². The first kappa shape index (κ1) is 23.4. The van der Waals surface area contributed by atoms with E-state index in [1.54, 1.807) is 11.7 Å². The van der Waals surface area contributed by atoms with Crippen molar-refractivity contribution in [3.05, 3.63) is 112 Å². The molecule has 0 unspecified atom stereocenters. The third-order valence-corrected chi connectivity index (χ3v) is 5.41. The number of nitro groups is 1. The summed E-state index contributed by atoms with van der Waals surface area (Å²) in [7, 11) is 2.76. The van der Waals surface area contributed by atoms with Crippen LogP contribution in [0.5, 0.6) is 0 Å². The van der Waals surface area contributed by atoms with E-state index in [4.69, 9.17) is 5.10 Å². The third kappa shape index (κ3) is 5.09. The molecule has 4 aromatic rings. The molecule has 1 heterocycles. The van der Waals surface area contributed by atoms with Crippen LogP contribution in [0.4, 0.5) is 5.69 Å². The number of rotatable bonds is 7. The molecule has 0 aliphatic heterocycles. The lowest BCUT2D eigenvalue weighted by atomic mass is 10.1. The third-order valence-electron chi connectivity index (χ3n) is 5.41. The first-order valence-corrected chi connectivity index (χ1v) is 10.7. The number of carbonyl (C=O) groups is 2. The molecule has 1 amide bonds. The number of nitro benzene ring substituents is 1. The van der Waals surface area contributed by atoms with E-state index in [2.05, 4.69) is 4.74 Å². The lowest BCUT2D eigenvalue weighted by Crippen LogP contribution is -2.26. The van der Waals surface area contributed by atoms with E-state index < -0.39 is 16.8 Å². The molecule has 176 valence electrons. The Bertz CT molecular complexity index is 1380. The number of methoxy groups -OCH3 is 1. The predicted molar refractivity (Wildman–Crippen MR) is 129 cm³/mol. The molecule has 4 rings (SSSR count). The van der Waals surface area contributed by atoms with Crippen LogP contribution in [-0.2, 0) is 11.3 Å². The molecule has 3 aromatic carbocycles. The van der Waals surface area contributed by atoms with Gasteiger partial charge in [-0.15, -0.1) is 0 Å². The molecule has 0 spiro atoms. The minimum Gasteiger partial charge on any atom is -0.465 e. The van der Waals surface area contributed by atoms with Gasteiger partial charge in [0.25, 0.3) is 11.6 Å². The largest absolute Gasteiger partial charge is 0.465 e. The summed E-state index contributed by atoms with van der Waals surface area (Å²) in [6.45, 7) is 0.187. The fourth-order valence-corrected chi connectivity index (χ4v) is 3.70. The predicted octanol–water partition coefficient (Wildman–Crippen LogP) is 4.51. The fraction of sp³-hybridized carbons (Fsp3) is 0.115. The van der Waals surface area contributed by atoms with Gasteiger partial charge < -0.3 is 9.64 Å². The second-order valence-electron chi connectivity index (χ2n) is 7.83. The quantitative estimate of drug-likeness (QED) is 0.223. The van der Waals surface area contributed by atoms with Gasteiger partial charge in [0.05, 0.1) is 29.0 Å². The van der Waals surface area contributed by atoms with Crippen LogP contribution in [0.25, 0.3) is 16.9 Å². The van der Waals surface area contributed by atoms with E-state index in [0.717, 1.165) is 28.9 Å². The van der Waals surface area contributed by atoms with Gasteiger partial charge in [0.15, 0.2) is 0 Å². The van der Waals surface area contributed by atoms with E-state index in [-0.39, 0.29) is 23.4 Å². The van der Waals surface area contributed by atoms with Crippen molar-refractivity contribution in [2.75, 3.05) is 14.2 Å². The highest BCUT2D eigenvalue weighted by Gasteiger charge is 2.22. The van der Waals surface area contributed by atoms with E-state index >= 15 is 0 Å². The zero-order valence-electron chi connectivity index (χ0n) is 19.1. The summed E-state index contributed by atoms with van der Waals surface area (Å²) in [5.74, 6) is -1.24. The number of hydrogen-bond donors (Lipinski definition) is 0. The summed E-state index contributed by atoms with van der Waals surface area (Å²) >= 11 is 0. The zero-order valence-corrected chi connectivity index (χ0v) is 19.1. The second kappa shape index (κ2) is 10.0. The number of nitrogens with zero attached hydrogens (tertiary/aromatic N) is 4. The van der Waals surface area contributed by atoms with Gasteiger partial charge in [-0.1, -0.05) is 48.5 Å². The van der Waals surface area contributed by atoms with Crippen LogP contribution in [0.3, 0.4) is 0 Å². The highest BCUT2D eigenvalue weighted by molar-refractivity contribution is 5.99. The summed E-state index contributed by atoms with van der Waals surface area (Å²) in [5, 5.41) is 16.1. The van der Waals surface area contributed by atoms with Crippen molar-refractivity contribution < 1.29 is 19.2 Å². The van der Waals surface area contributed by atoms with Crippen molar-refractivity contribution in [3.63, 3.8) is 0 Å². The number of amides is 1. The number of non-ortho nitro benzene ring substituents is 1. The van der Waals surface area contributed by atoms with Gasteiger partial charge in [-0.3, -0.25) is 14.9 Å². The van der Waals surface area contributed by atoms with Crippen LogP contribution in [0, 0.1) is 10.1 Å². The number of carbonyl (C=O) groups excluding carboxylic acids is 2. The fourth-order valence-electron chi connectivity index (χ4n) is 3.70. The summed E-state index contributed by atoms with van der Waals surface area (Å²) < 4.78 is 6.42. The van der Waals surface area contributed by atoms with Gasteiger partial charge in [-0.05, 0) is 18.2 Å². The van der Waals surface area contributed by atoms with Crippen molar-refractivity contribution in [2.24, 2.45) is 0 Å². The lowest BCUT2D eigenvalue weighted by molar-refractivity contribution is -0.384. The minimum absolute atomic E-state index is 0.0128. The number of hydrogen-bond acceptors (Lipinski definition) is 6. The topological polar surface area (TPSA) is 108 Å². The van der Waals surface area contributed by atoms with Gasteiger partial charge in [0.1, 0.15) is 0 Å². The Balaban J connectivity index is 1.69. The molecule has 0 atom stereocenters. The molecule has 1 aromatic heterocycles. The Hall–Kier alpha value is -4.79. The van der Waals surface area contributed by atoms with Crippen LogP contribution in [-0.4, -0.2) is 45.6 Å². The molecule has 0 radical (unpaired) electrons. The number of ether oxygens (including phenoxy) is 1. The number of para-hydroxylation sites is 1. The highest BCUT2D eigenvalue weighted by atomic mass is 16.6. The average molecular weight is 470 g/mol. The Morgan fingerprint density at radius 1 is 1.00 bits per heavy atom. The maximum atomic E-state index is 13.2. The van der Waals surface area contributed by atoms with Crippen LogP contribution in [0.15, 0.2) is 85.1 Å². The maximum absolute atomic E-state index is 13.2. The standard InChI is InChI=1S/C26H22N4O5/c1-28(25(31)19-13-20(26(32)35-2)15-23(14-19)30(33)34)16-21-17-29(22-11-7-4-8-12-22)27-24(21)18-9-5-3-6-10-18/h3-15,17H,16H2,1-2H3. The molecule has 0 saturated heterocycles. The van der Waals surface area contributed by atoms with Crippen LogP contribution < -0.4 is 0 Å². The van der Waals surface area contributed by atoms with Crippen LogP contribution in [0.2, 0.25) is 0 Å². The zero-order chi connectivity index (χ0) is 24.9. The molecule has 0 fully saturated rings. The summed E-state index contributed by atoms with van der Waals surface area (Å²) in [5.41, 5.74) is 2.83. The van der Waals surface area contributed by atoms with Gasteiger partial charge >= 0.3 is 5.97 Å². The van der Waals surface area contributed by atoms with Gasteiger partial charge in [0, 0.05) is 48.6 Å². The Labute approximate surface area is 201 Å². The van der Waals surface area contributed by atoms with E-state index in [9.17, 15) is 19.7 Å². The molecule has 0 N–H and O–H groups in total. The van der Waals surface area contributed by atoms with Crippen LogP contribution >= 0.6 is 0 Å². The smallest absolute Gasteiger partial charge is 0.338 e. The molecule has 0 aliphatic carbocycles. The number of benzene rings is 3. The molecule has 9 heteroatoms. The van der Waals surface area contributed by atoms with Crippen molar-refractivity contribution in [1.29, 1.82) is 0 Å². The molecule has 35 heavy (non-hydrogen) atoms. The highest BCUT2D eigenvalue weighted by Crippen LogP contribution is 2.26. The summed E-state index contributed by atoms with van der Waals surface area (Å²) in [4.78, 5) is 37.4. The molecular formula is C26H22N4O5. The first-order chi connectivity index (χ1) is 16.9. The van der Waals surface area contributed by atoms with Gasteiger partial charge in [-0.2, -0.15) is 5.10 Å². The first-order valence-electron chi connectivity index (χ1n) is 10.7. The Morgan fingerprint density at radius 2 is 1.63 bits per heavy atom. The van der Waals surface area contributed by atoms with Crippen molar-refractivity contribution in [1.82, 2.24) is 14.7 Å². The SMILES string of the molecule is COC(=O)c1cc(C(=O)N(C)Cc2cn(-c3ccccc3)nc2-c2ccccc2)cc([N+](=O)[O-])c1. The van der Waals surface area contributed by atoms with Gasteiger partial charge in [0.2, 0.25) is 0 Å². The Morgan fingerprint density at radius 3 is 2.26 bits per heavy atom. The molecular weight excluding hydrogens is 448 g/mol. The van der Waals surface area contributed by atoms with Crippen LogP contribution in [0.1, 0.15) is 26.3 Å². The maximum Gasteiger partial charge on any atom is 0.338 e. The summed E-state index contributed by atoms with van der Waals surface area (Å²) in [6.07, 6.45) is 1.86. The molecule has 9 nitrogen and oxygen atoms in total. The van der Waals surface area contributed by atoms with Gasteiger partial charge in [-0.25, -0.2) is 9.48 Å². The monoisotopic (exact) mass is 470 g/mol. The van der Waals surface area contributed by atoms with Crippen molar-refractivity contribution in [2.45, 2.75) is 6.54 Å².